The Morgan fingerprint density at radius 2 is 1.72 bits per heavy atom. The molecule has 18 heavy (non-hydrogen) atoms. The molecule has 1 heterocycles. The van der Waals surface area contributed by atoms with Crippen LogP contribution in [0.15, 0.2) is 0 Å². The minimum Gasteiger partial charge on any atom is -0.342 e. The van der Waals surface area contributed by atoms with Crippen LogP contribution in [-0.2, 0) is 4.79 Å². The number of piperidine rings is 1. The van der Waals surface area contributed by atoms with Crippen LogP contribution in [0.2, 0.25) is 0 Å². The van der Waals surface area contributed by atoms with Crippen molar-refractivity contribution in [2.45, 2.75) is 52.5 Å². The van der Waals surface area contributed by atoms with E-state index < -0.39 is 0 Å². The van der Waals surface area contributed by atoms with E-state index in [4.69, 9.17) is 0 Å². The van der Waals surface area contributed by atoms with E-state index in [-0.39, 0.29) is 17.8 Å². The average Bonchev–Trinajstić information content (AvgIpc) is 3.09. The lowest BCUT2D eigenvalue weighted by Gasteiger charge is -2.36. The van der Waals surface area contributed by atoms with Gasteiger partial charge in [-0.1, -0.05) is 20.8 Å². The summed E-state index contributed by atoms with van der Waals surface area (Å²) < 4.78 is 0. The van der Waals surface area contributed by atoms with Crippen molar-refractivity contribution in [1.29, 1.82) is 0 Å². The predicted molar refractivity (Wildman–Crippen MR) is 77.0 cm³/mol. The number of hydrogen-bond acceptors (Lipinski definition) is 2. The highest BCUT2D eigenvalue weighted by Gasteiger charge is 2.30. The quantitative estimate of drug-likeness (QED) is 0.857. The minimum absolute atomic E-state index is 0. The monoisotopic (exact) mass is 274 g/mol. The van der Waals surface area contributed by atoms with Crippen LogP contribution in [0.25, 0.3) is 0 Å². The number of halogens is 1. The zero-order valence-corrected chi connectivity index (χ0v) is 12.7. The summed E-state index contributed by atoms with van der Waals surface area (Å²) >= 11 is 0. The molecule has 3 nitrogen and oxygen atoms in total. The van der Waals surface area contributed by atoms with Gasteiger partial charge in [0.15, 0.2) is 0 Å². The summed E-state index contributed by atoms with van der Waals surface area (Å²) in [5.41, 5.74) is -0.228. The van der Waals surface area contributed by atoms with E-state index in [0.717, 1.165) is 31.8 Å². The zero-order valence-electron chi connectivity index (χ0n) is 11.9. The first-order valence-corrected chi connectivity index (χ1v) is 6.99. The summed E-state index contributed by atoms with van der Waals surface area (Å²) in [5, 5.41) is 3.64. The van der Waals surface area contributed by atoms with Crippen molar-refractivity contribution in [3.05, 3.63) is 0 Å². The number of amides is 1. The predicted octanol–water partition coefficient (Wildman–Crippen LogP) is 2.44. The molecule has 4 heteroatoms. The van der Waals surface area contributed by atoms with Gasteiger partial charge in [0, 0.05) is 24.5 Å². The molecule has 0 atom stereocenters. The van der Waals surface area contributed by atoms with E-state index >= 15 is 0 Å². The average molecular weight is 275 g/mol. The highest BCUT2D eigenvalue weighted by atomic mass is 35.5. The third-order valence-electron chi connectivity index (χ3n) is 3.82. The van der Waals surface area contributed by atoms with Crippen molar-refractivity contribution in [3.8, 4) is 0 Å². The Bertz CT molecular complexity index is 276. The second-order valence-corrected chi connectivity index (χ2v) is 6.67. The fraction of sp³-hybridized carbons (Fsp3) is 0.929. The lowest BCUT2D eigenvalue weighted by atomic mass is 9.93. The molecule has 0 aromatic heterocycles. The van der Waals surface area contributed by atoms with Crippen molar-refractivity contribution in [2.75, 3.05) is 19.6 Å². The summed E-state index contributed by atoms with van der Waals surface area (Å²) in [6, 6.07) is 0.639. The van der Waals surface area contributed by atoms with E-state index in [9.17, 15) is 4.79 Å². The van der Waals surface area contributed by atoms with Gasteiger partial charge in [0.25, 0.3) is 0 Å². The Hall–Kier alpha value is -0.280. The van der Waals surface area contributed by atoms with Gasteiger partial charge in [0.05, 0.1) is 0 Å². The second kappa shape index (κ2) is 6.25. The molecule has 1 saturated carbocycles. The third-order valence-corrected chi connectivity index (χ3v) is 3.82. The van der Waals surface area contributed by atoms with Gasteiger partial charge in [-0.2, -0.15) is 0 Å². The fourth-order valence-electron chi connectivity index (χ4n) is 2.42. The topological polar surface area (TPSA) is 32.3 Å². The smallest absolute Gasteiger partial charge is 0.227 e. The van der Waals surface area contributed by atoms with E-state index in [2.05, 4.69) is 5.32 Å². The molecule has 2 rings (SSSR count). The van der Waals surface area contributed by atoms with E-state index in [1.165, 1.54) is 19.4 Å². The maximum Gasteiger partial charge on any atom is 0.227 e. The second-order valence-electron chi connectivity index (χ2n) is 6.67. The number of nitrogens with one attached hydrogen (secondary N) is 1. The molecule has 0 unspecified atom stereocenters. The van der Waals surface area contributed by atoms with Gasteiger partial charge in [-0.05, 0) is 38.1 Å². The molecule has 0 spiro atoms. The van der Waals surface area contributed by atoms with Crippen LogP contribution < -0.4 is 5.32 Å². The number of likely N-dealkylation sites (tertiary alicyclic amines) is 1. The zero-order chi connectivity index (χ0) is 12.5. The minimum atomic E-state index is -0.228. The maximum absolute atomic E-state index is 12.1. The van der Waals surface area contributed by atoms with Crippen molar-refractivity contribution in [1.82, 2.24) is 10.2 Å². The third kappa shape index (κ3) is 4.43. The Morgan fingerprint density at radius 1 is 1.17 bits per heavy atom. The molecule has 1 aliphatic carbocycles. The molecule has 0 aromatic rings. The van der Waals surface area contributed by atoms with Gasteiger partial charge in [-0.3, -0.25) is 4.79 Å². The van der Waals surface area contributed by atoms with Gasteiger partial charge in [-0.15, -0.1) is 12.4 Å². The number of hydrogen-bond donors (Lipinski definition) is 1. The summed E-state index contributed by atoms with van der Waals surface area (Å²) in [7, 11) is 0. The Kier molecular flexibility index (Phi) is 5.47. The number of rotatable bonds is 3. The molecule has 1 aliphatic heterocycles. The maximum atomic E-state index is 12.1. The molecule has 2 fully saturated rings. The molecule has 106 valence electrons. The molecule has 0 bridgehead atoms. The first-order valence-electron chi connectivity index (χ1n) is 6.99. The Balaban J connectivity index is 0.00000162. The molecule has 1 N–H and O–H groups in total. The van der Waals surface area contributed by atoms with Crippen LogP contribution in [0.1, 0.15) is 46.5 Å². The number of nitrogens with zero attached hydrogens (tertiary/aromatic N) is 1. The van der Waals surface area contributed by atoms with Crippen molar-refractivity contribution < 1.29 is 4.79 Å². The van der Waals surface area contributed by atoms with Gasteiger partial charge < -0.3 is 10.2 Å². The van der Waals surface area contributed by atoms with E-state index in [1.807, 2.05) is 25.7 Å². The lowest BCUT2D eigenvalue weighted by molar-refractivity contribution is -0.140. The Labute approximate surface area is 117 Å². The summed E-state index contributed by atoms with van der Waals surface area (Å²) in [5.74, 6) is 1.25. The largest absolute Gasteiger partial charge is 0.342 e. The van der Waals surface area contributed by atoms with Crippen molar-refractivity contribution in [3.63, 3.8) is 0 Å². The van der Waals surface area contributed by atoms with Crippen LogP contribution in [0.4, 0.5) is 0 Å². The van der Waals surface area contributed by atoms with Crippen molar-refractivity contribution in [2.24, 2.45) is 11.3 Å². The van der Waals surface area contributed by atoms with Crippen LogP contribution >= 0.6 is 12.4 Å². The molecular weight excluding hydrogens is 248 g/mol. The summed E-state index contributed by atoms with van der Waals surface area (Å²) in [6.07, 6.45) is 5.06. The van der Waals surface area contributed by atoms with Crippen molar-refractivity contribution >= 4 is 18.3 Å². The highest BCUT2D eigenvalue weighted by molar-refractivity contribution is 5.85. The fourth-order valence-corrected chi connectivity index (χ4v) is 2.42. The van der Waals surface area contributed by atoms with Gasteiger partial charge in [0.2, 0.25) is 5.91 Å². The molecule has 0 radical (unpaired) electrons. The van der Waals surface area contributed by atoms with E-state index in [1.54, 1.807) is 0 Å². The molecule has 2 aliphatic rings. The van der Waals surface area contributed by atoms with Gasteiger partial charge in [-0.25, -0.2) is 0 Å². The summed E-state index contributed by atoms with van der Waals surface area (Å²) in [6.45, 7) is 9.07. The van der Waals surface area contributed by atoms with Gasteiger partial charge in [0.1, 0.15) is 0 Å². The first kappa shape index (κ1) is 15.8. The van der Waals surface area contributed by atoms with Gasteiger partial charge >= 0.3 is 0 Å². The molecule has 1 saturated heterocycles. The van der Waals surface area contributed by atoms with Crippen LogP contribution in [0.3, 0.4) is 0 Å². The Morgan fingerprint density at radius 3 is 2.17 bits per heavy atom. The first-order chi connectivity index (χ1) is 7.97. The summed E-state index contributed by atoms with van der Waals surface area (Å²) in [4.78, 5) is 14.1. The normalized spacial score (nSPS) is 21.6. The van der Waals surface area contributed by atoms with E-state index in [0.29, 0.717) is 11.9 Å². The standard InChI is InChI=1S/C14H26N2O.ClH/c1-14(2,3)13(17)16-8-6-12(7-9-16)15-10-11-4-5-11;/h11-12,15H,4-10H2,1-3H3;1H. The highest BCUT2D eigenvalue weighted by Crippen LogP contribution is 2.28. The van der Waals surface area contributed by atoms with Crippen LogP contribution in [-0.4, -0.2) is 36.5 Å². The molecule has 0 aromatic carbocycles. The van der Waals surface area contributed by atoms with Crippen LogP contribution in [0.5, 0.6) is 0 Å². The SMILES string of the molecule is CC(C)(C)C(=O)N1CCC(NCC2CC2)CC1.Cl. The molecule has 1 amide bonds. The molecular formula is C14H27ClN2O. The lowest BCUT2D eigenvalue weighted by Crippen LogP contribution is -2.48. The number of carbonyl (C=O) groups excluding carboxylic acids is 1. The number of carbonyl (C=O) groups is 1. The van der Waals surface area contributed by atoms with Crippen LogP contribution in [0, 0.1) is 11.3 Å².